The Morgan fingerprint density at radius 3 is 2.43 bits per heavy atom. The number of nitrogens with zero attached hydrogens (tertiary/aromatic N) is 1. The SMILES string of the molecule is CCn1c(C(O)c2ccc(F)cc2)c(C)c2ccccc21. The highest BCUT2D eigenvalue weighted by Gasteiger charge is 2.20. The molecule has 0 aliphatic rings. The van der Waals surface area contributed by atoms with Crippen molar-refractivity contribution < 1.29 is 9.50 Å². The van der Waals surface area contributed by atoms with E-state index in [9.17, 15) is 9.50 Å². The van der Waals surface area contributed by atoms with Crippen molar-refractivity contribution in [2.75, 3.05) is 0 Å². The number of aliphatic hydroxyl groups is 1. The van der Waals surface area contributed by atoms with E-state index < -0.39 is 6.10 Å². The topological polar surface area (TPSA) is 25.2 Å². The van der Waals surface area contributed by atoms with Crippen LogP contribution in [0.3, 0.4) is 0 Å². The predicted molar refractivity (Wildman–Crippen MR) is 82.8 cm³/mol. The summed E-state index contributed by atoms with van der Waals surface area (Å²) in [6, 6.07) is 14.2. The average Bonchev–Trinajstić information content (AvgIpc) is 2.80. The third kappa shape index (κ3) is 2.24. The zero-order chi connectivity index (χ0) is 15.0. The number of halogens is 1. The van der Waals surface area contributed by atoms with Crippen LogP contribution < -0.4 is 0 Å². The highest BCUT2D eigenvalue weighted by atomic mass is 19.1. The summed E-state index contributed by atoms with van der Waals surface area (Å²) in [6.07, 6.45) is -0.752. The molecule has 1 atom stereocenters. The fraction of sp³-hybridized carbons (Fsp3) is 0.222. The minimum absolute atomic E-state index is 0.293. The van der Waals surface area contributed by atoms with Crippen LogP contribution in [0, 0.1) is 12.7 Å². The maximum atomic E-state index is 13.1. The van der Waals surface area contributed by atoms with Crippen LogP contribution in [-0.4, -0.2) is 9.67 Å². The summed E-state index contributed by atoms with van der Waals surface area (Å²) in [5, 5.41) is 11.9. The molecule has 3 aromatic rings. The van der Waals surface area contributed by atoms with Gasteiger partial charge in [-0.2, -0.15) is 0 Å². The van der Waals surface area contributed by atoms with Gasteiger partial charge in [0.1, 0.15) is 11.9 Å². The summed E-state index contributed by atoms with van der Waals surface area (Å²) in [4.78, 5) is 0. The summed E-state index contributed by atoms with van der Waals surface area (Å²) >= 11 is 0. The number of aryl methyl sites for hydroxylation is 2. The monoisotopic (exact) mass is 283 g/mol. The molecule has 3 rings (SSSR count). The fourth-order valence-electron chi connectivity index (χ4n) is 2.99. The van der Waals surface area contributed by atoms with Gasteiger partial charge in [-0.05, 0) is 43.2 Å². The third-order valence-electron chi connectivity index (χ3n) is 4.03. The minimum Gasteiger partial charge on any atom is -0.382 e. The van der Waals surface area contributed by atoms with Gasteiger partial charge in [0, 0.05) is 17.4 Å². The van der Waals surface area contributed by atoms with Crippen LogP contribution in [0.15, 0.2) is 48.5 Å². The molecule has 0 bridgehead atoms. The molecule has 0 aliphatic carbocycles. The molecule has 0 amide bonds. The van der Waals surface area contributed by atoms with Gasteiger partial charge < -0.3 is 9.67 Å². The summed E-state index contributed by atoms with van der Waals surface area (Å²) in [5.41, 5.74) is 3.78. The average molecular weight is 283 g/mol. The third-order valence-corrected chi connectivity index (χ3v) is 4.03. The molecule has 1 unspecified atom stereocenters. The molecule has 108 valence electrons. The molecule has 21 heavy (non-hydrogen) atoms. The molecule has 0 radical (unpaired) electrons. The summed E-state index contributed by atoms with van der Waals surface area (Å²) < 4.78 is 15.2. The lowest BCUT2D eigenvalue weighted by Gasteiger charge is -2.16. The molecule has 0 aliphatic heterocycles. The normalized spacial score (nSPS) is 12.8. The van der Waals surface area contributed by atoms with Crippen LogP contribution in [0.5, 0.6) is 0 Å². The molecule has 0 spiro atoms. The first kappa shape index (κ1) is 13.8. The molecule has 1 N–H and O–H groups in total. The van der Waals surface area contributed by atoms with E-state index >= 15 is 0 Å². The minimum atomic E-state index is -0.752. The second-order valence-corrected chi connectivity index (χ2v) is 5.23. The second-order valence-electron chi connectivity index (χ2n) is 5.23. The number of hydrogen-bond donors (Lipinski definition) is 1. The number of rotatable bonds is 3. The maximum Gasteiger partial charge on any atom is 0.123 e. The molecule has 0 saturated carbocycles. The van der Waals surface area contributed by atoms with Crippen LogP contribution in [0.1, 0.15) is 29.8 Å². The van der Waals surface area contributed by atoms with Gasteiger partial charge in [0.25, 0.3) is 0 Å². The summed E-state index contributed by atoms with van der Waals surface area (Å²) in [5.74, 6) is -0.293. The molecule has 3 heteroatoms. The van der Waals surface area contributed by atoms with Crippen molar-refractivity contribution >= 4 is 10.9 Å². The van der Waals surface area contributed by atoms with Crippen molar-refractivity contribution in [2.24, 2.45) is 0 Å². The molecule has 1 aromatic heterocycles. The lowest BCUT2D eigenvalue weighted by molar-refractivity contribution is 0.210. The molecule has 2 aromatic carbocycles. The second kappa shape index (κ2) is 5.34. The highest BCUT2D eigenvalue weighted by molar-refractivity contribution is 5.85. The van der Waals surface area contributed by atoms with E-state index in [1.165, 1.54) is 12.1 Å². The number of para-hydroxylation sites is 1. The van der Waals surface area contributed by atoms with E-state index in [1.54, 1.807) is 12.1 Å². The predicted octanol–water partition coefficient (Wildman–Crippen LogP) is 4.19. The summed E-state index contributed by atoms with van der Waals surface area (Å²) in [6.45, 7) is 4.87. The van der Waals surface area contributed by atoms with E-state index in [2.05, 4.69) is 23.6 Å². The standard InChI is InChI=1S/C18H18FNO/c1-3-20-16-7-5-4-6-15(16)12(2)17(20)18(21)13-8-10-14(19)11-9-13/h4-11,18,21H,3H2,1-2H3. The molecular weight excluding hydrogens is 265 g/mol. The van der Waals surface area contributed by atoms with Crippen molar-refractivity contribution in [1.82, 2.24) is 4.57 Å². The Morgan fingerprint density at radius 1 is 1.10 bits per heavy atom. The quantitative estimate of drug-likeness (QED) is 0.766. The summed E-state index contributed by atoms with van der Waals surface area (Å²) in [7, 11) is 0. The van der Waals surface area contributed by atoms with Crippen molar-refractivity contribution in [3.63, 3.8) is 0 Å². The number of hydrogen-bond acceptors (Lipinski definition) is 1. The van der Waals surface area contributed by atoms with Crippen LogP contribution in [0.4, 0.5) is 4.39 Å². The first-order valence-electron chi connectivity index (χ1n) is 7.14. The first-order valence-corrected chi connectivity index (χ1v) is 7.14. The van der Waals surface area contributed by atoms with Crippen molar-refractivity contribution in [2.45, 2.75) is 26.5 Å². The Labute approximate surface area is 123 Å². The number of aromatic nitrogens is 1. The molecular formula is C18H18FNO. The molecule has 1 heterocycles. The smallest absolute Gasteiger partial charge is 0.123 e. The van der Waals surface area contributed by atoms with Gasteiger partial charge in [0.15, 0.2) is 0 Å². The van der Waals surface area contributed by atoms with Gasteiger partial charge >= 0.3 is 0 Å². The van der Waals surface area contributed by atoms with Gasteiger partial charge in [0.2, 0.25) is 0 Å². The van der Waals surface area contributed by atoms with Crippen molar-refractivity contribution in [1.29, 1.82) is 0 Å². The van der Waals surface area contributed by atoms with Crippen LogP contribution in [-0.2, 0) is 6.54 Å². The van der Waals surface area contributed by atoms with Gasteiger partial charge in [-0.1, -0.05) is 30.3 Å². The van der Waals surface area contributed by atoms with Crippen molar-refractivity contribution in [3.8, 4) is 0 Å². The maximum absolute atomic E-state index is 13.1. The van der Waals surface area contributed by atoms with Crippen LogP contribution in [0.2, 0.25) is 0 Å². The zero-order valence-corrected chi connectivity index (χ0v) is 12.2. The number of fused-ring (bicyclic) bond motifs is 1. The lowest BCUT2D eigenvalue weighted by Crippen LogP contribution is -2.09. The van der Waals surface area contributed by atoms with Gasteiger partial charge in [0.05, 0.1) is 5.69 Å². The van der Waals surface area contributed by atoms with E-state index in [4.69, 9.17) is 0 Å². The van der Waals surface area contributed by atoms with Crippen LogP contribution in [0.25, 0.3) is 10.9 Å². The molecule has 0 saturated heterocycles. The Balaban J connectivity index is 2.19. The van der Waals surface area contributed by atoms with Gasteiger partial charge in [-0.3, -0.25) is 0 Å². The van der Waals surface area contributed by atoms with E-state index in [-0.39, 0.29) is 5.82 Å². The van der Waals surface area contributed by atoms with E-state index in [0.29, 0.717) is 5.56 Å². The Kier molecular flexibility index (Phi) is 3.52. The Bertz CT molecular complexity index is 774. The first-order chi connectivity index (χ1) is 10.1. The molecule has 2 nitrogen and oxygen atoms in total. The fourth-order valence-corrected chi connectivity index (χ4v) is 2.99. The van der Waals surface area contributed by atoms with Crippen LogP contribution >= 0.6 is 0 Å². The largest absolute Gasteiger partial charge is 0.382 e. The van der Waals surface area contributed by atoms with Crippen molar-refractivity contribution in [3.05, 3.63) is 71.2 Å². The van der Waals surface area contributed by atoms with Gasteiger partial charge in [-0.15, -0.1) is 0 Å². The molecule has 0 fully saturated rings. The lowest BCUT2D eigenvalue weighted by atomic mass is 10.0. The van der Waals surface area contributed by atoms with E-state index in [1.807, 2.05) is 19.1 Å². The zero-order valence-electron chi connectivity index (χ0n) is 12.2. The number of benzene rings is 2. The van der Waals surface area contributed by atoms with E-state index in [0.717, 1.165) is 28.7 Å². The van der Waals surface area contributed by atoms with Gasteiger partial charge in [-0.25, -0.2) is 4.39 Å². The Hall–Kier alpha value is -2.13. The highest BCUT2D eigenvalue weighted by Crippen LogP contribution is 2.32. The Morgan fingerprint density at radius 2 is 1.76 bits per heavy atom. The number of aliphatic hydroxyl groups excluding tert-OH is 1.